The molecule has 58 valence electrons. The van der Waals surface area contributed by atoms with Gasteiger partial charge in [0.25, 0.3) is 0 Å². The second kappa shape index (κ2) is 7.01. The monoisotopic (exact) mass is 380 g/mol. The molecule has 0 spiro atoms. The van der Waals surface area contributed by atoms with Crippen molar-refractivity contribution in [1.29, 1.82) is 0 Å². The predicted molar refractivity (Wildman–Crippen MR) is 32.4 cm³/mol. The van der Waals surface area contributed by atoms with E-state index >= 15 is 0 Å². The maximum atomic E-state index is 9.84. The molecule has 2 radical (unpaired) electrons. The summed E-state index contributed by atoms with van der Waals surface area (Å²) in [5.41, 5.74) is 0. The van der Waals surface area contributed by atoms with Gasteiger partial charge in [0, 0.05) is 45.0 Å². The Morgan fingerprint density at radius 1 is 1.50 bits per heavy atom. The molecule has 10 heavy (non-hydrogen) atoms. The molecule has 0 rings (SSSR count). The normalized spacial score (nSPS) is 10.6. The smallest absolute Gasteiger partial charge is 0.264 e. The van der Waals surface area contributed by atoms with Crippen LogP contribution >= 0.6 is 0 Å². The molecule has 0 aromatic carbocycles. The zero-order chi connectivity index (χ0) is 7.33. The molecule has 0 amide bonds. The van der Waals surface area contributed by atoms with E-state index in [1.165, 1.54) is 0 Å². The predicted octanol–water partition coefficient (Wildman–Crippen LogP) is 0.606. The van der Waals surface area contributed by atoms with Crippen molar-refractivity contribution in [2.75, 3.05) is 6.61 Å². The summed E-state index contributed by atoms with van der Waals surface area (Å²) in [6.07, 6.45) is 1.48. The van der Waals surface area contributed by atoms with Gasteiger partial charge < -0.3 is 0 Å². The molecule has 0 saturated heterocycles. The standard InChI is InChI=1S/C4H10O4S.Ra/c1-2-3-4-8-9(5,6)7;/h2-4H2,1H3,(H,5,6,7);. The summed E-state index contributed by atoms with van der Waals surface area (Å²) in [5, 5.41) is 0. The van der Waals surface area contributed by atoms with E-state index in [1.807, 2.05) is 6.92 Å². The third-order valence-corrected chi connectivity index (χ3v) is 1.19. The van der Waals surface area contributed by atoms with Gasteiger partial charge >= 0.3 is 10.4 Å². The van der Waals surface area contributed by atoms with Gasteiger partial charge in [0.15, 0.2) is 0 Å². The zero-order valence-electron chi connectivity index (χ0n) is 5.91. The SMILES string of the molecule is CCCCOS(=O)(=O)O.[Ra]. The number of rotatable bonds is 4. The van der Waals surface area contributed by atoms with Gasteiger partial charge in [0.05, 0.1) is 6.61 Å². The van der Waals surface area contributed by atoms with E-state index in [1.54, 1.807) is 0 Å². The van der Waals surface area contributed by atoms with E-state index in [2.05, 4.69) is 4.18 Å². The Labute approximate surface area is 97.7 Å². The summed E-state index contributed by atoms with van der Waals surface area (Å²) in [7, 11) is -4.20. The van der Waals surface area contributed by atoms with Gasteiger partial charge in [-0.05, 0) is 6.42 Å². The zero-order valence-corrected chi connectivity index (χ0v) is 12.5. The fourth-order valence-electron chi connectivity index (χ4n) is 0.309. The summed E-state index contributed by atoms with van der Waals surface area (Å²) >= 11 is 0. The fourth-order valence-corrected chi connectivity index (χ4v) is 0.637. The summed E-state index contributed by atoms with van der Waals surface area (Å²) in [6.45, 7) is 1.96. The van der Waals surface area contributed by atoms with Gasteiger partial charge in [-0.15, -0.1) is 0 Å². The minimum atomic E-state index is -4.20. The van der Waals surface area contributed by atoms with Crippen LogP contribution in [0.3, 0.4) is 0 Å². The minimum Gasteiger partial charge on any atom is -0.264 e. The van der Waals surface area contributed by atoms with Crippen LogP contribution in [0.1, 0.15) is 19.8 Å². The summed E-state index contributed by atoms with van der Waals surface area (Å²) < 4.78 is 31.7. The Bertz CT molecular complexity index is 153. The Hall–Kier alpha value is 1.34. The van der Waals surface area contributed by atoms with Gasteiger partial charge in [0.1, 0.15) is 0 Å². The van der Waals surface area contributed by atoms with E-state index in [0.717, 1.165) is 6.42 Å². The van der Waals surface area contributed by atoms with Crippen LogP contribution in [0.2, 0.25) is 0 Å². The van der Waals surface area contributed by atoms with Gasteiger partial charge in [-0.25, -0.2) is 4.18 Å². The van der Waals surface area contributed by atoms with Crippen LogP contribution in [-0.2, 0) is 14.6 Å². The van der Waals surface area contributed by atoms with Crippen LogP contribution in [0.15, 0.2) is 0 Å². The Morgan fingerprint density at radius 3 is 2.30 bits per heavy atom. The second-order valence-electron chi connectivity index (χ2n) is 1.60. The van der Waals surface area contributed by atoms with Crippen LogP contribution in [0.4, 0.5) is 0 Å². The third kappa shape index (κ3) is 12.1. The van der Waals surface area contributed by atoms with Crippen LogP contribution in [-0.4, -0.2) is 19.6 Å². The average Bonchev–Trinajstić information content (AvgIpc) is 1.63. The first-order chi connectivity index (χ1) is 4.06. The average molecular weight is 380 g/mol. The van der Waals surface area contributed by atoms with Gasteiger partial charge in [-0.3, -0.25) is 4.55 Å². The maximum Gasteiger partial charge on any atom is 0.397 e. The molecule has 1 N–H and O–H groups in total. The van der Waals surface area contributed by atoms with Crippen molar-refractivity contribution in [3.05, 3.63) is 0 Å². The first-order valence-corrected chi connectivity index (χ1v) is 4.04. The van der Waals surface area contributed by atoms with Crippen molar-refractivity contribution < 1.29 is 62.2 Å². The molecule has 0 aliphatic heterocycles. The molecule has 0 aromatic rings. The third-order valence-electron chi connectivity index (χ3n) is 0.730. The van der Waals surface area contributed by atoms with Gasteiger partial charge in [-0.2, -0.15) is 8.42 Å². The van der Waals surface area contributed by atoms with Gasteiger partial charge in [0.2, 0.25) is 0 Å². The van der Waals surface area contributed by atoms with E-state index in [4.69, 9.17) is 4.55 Å². The number of hydrogen-bond donors (Lipinski definition) is 1. The molecule has 0 heterocycles. The van der Waals surface area contributed by atoms with Crippen molar-refractivity contribution in [3.8, 4) is 0 Å². The summed E-state index contributed by atoms with van der Waals surface area (Å²) in [6, 6.07) is 0. The van der Waals surface area contributed by atoms with E-state index < -0.39 is 10.4 Å². The Morgan fingerprint density at radius 2 is 2.00 bits per heavy atom. The molecule has 0 aromatic heterocycles. The topological polar surface area (TPSA) is 63.6 Å². The molecular formula is C4H10O4RaS. The van der Waals surface area contributed by atoms with E-state index in [9.17, 15) is 8.42 Å². The molecule has 6 heteroatoms. The molecule has 0 fully saturated rings. The van der Waals surface area contributed by atoms with E-state index in [-0.39, 0.29) is 51.6 Å². The molecular weight excluding hydrogens is 370 g/mol. The van der Waals surface area contributed by atoms with E-state index in [0.29, 0.717) is 6.42 Å². The van der Waals surface area contributed by atoms with Crippen LogP contribution in [0.25, 0.3) is 0 Å². The minimum absolute atomic E-state index is 0. The fraction of sp³-hybridized carbons (Fsp3) is 1.00. The van der Waals surface area contributed by atoms with Crippen LogP contribution in [0, 0.1) is 45.0 Å². The van der Waals surface area contributed by atoms with Gasteiger partial charge in [-0.1, -0.05) is 13.3 Å². The Kier molecular flexibility index (Phi) is 9.74. The van der Waals surface area contributed by atoms with Crippen molar-refractivity contribution in [3.63, 3.8) is 0 Å². The summed E-state index contributed by atoms with van der Waals surface area (Å²) in [4.78, 5) is 0. The second-order valence-corrected chi connectivity index (χ2v) is 2.69. The molecule has 0 unspecified atom stereocenters. The maximum absolute atomic E-state index is 9.84. The molecule has 0 bridgehead atoms. The van der Waals surface area contributed by atoms with Crippen molar-refractivity contribution in [1.82, 2.24) is 0 Å². The first-order valence-electron chi connectivity index (χ1n) is 2.68. The molecule has 4 nitrogen and oxygen atoms in total. The first kappa shape index (κ1) is 13.9. The van der Waals surface area contributed by atoms with Crippen molar-refractivity contribution >= 4 is 10.4 Å². The molecule has 0 aliphatic carbocycles. The summed E-state index contributed by atoms with van der Waals surface area (Å²) in [5.74, 6) is 0. The quantitative estimate of drug-likeness (QED) is 0.574. The number of unbranched alkanes of at least 4 members (excludes halogenated alkanes) is 1. The molecule has 0 atom stereocenters. The largest absolute Gasteiger partial charge is 0.397 e. The van der Waals surface area contributed by atoms with Crippen molar-refractivity contribution in [2.45, 2.75) is 19.8 Å². The van der Waals surface area contributed by atoms with Crippen molar-refractivity contribution in [2.24, 2.45) is 0 Å². The molecule has 0 aliphatic rings. The Balaban J connectivity index is 0. The molecule has 0 saturated carbocycles. The van der Waals surface area contributed by atoms with Crippen LogP contribution < -0.4 is 0 Å². The van der Waals surface area contributed by atoms with Crippen LogP contribution in [0.5, 0.6) is 0 Å². The number of hydrogen-bond acceptors (Lipinski definition) is 3.